The molecule has 0 aliphatic rings. The van der Waals surface area contributed by atoms with Crippen LogP contribution >= 0.6 is 0 Å². The third kappa shape index (κ3) is 3.60. The third-order valence-electron chi connectivity index (χ3n) is 2.98. The Balaban J connectivity index is 2.02. The van der Waals surface area contributed by atoms with Crippen molar-refractivity contribution in [3.63, 3.8) is 0 Å². The Labute approximate surface area is 126 Å². The number of non-ortho nitro benzene ring substituents is 1. The molecule has 1 aromatic heterocycles. The van der Waals surface area contributed by atoms with E-state index in [0.29, 0.717) is 13.3 Å². The molecule has 22 heavy (non-hydrogen) atoms. The molecule has 0 aliphatic heterocycles. The lowest BCUT2D eigenvalue weighted by atomic mass is 10.3. The fourth-order valence-electron chi connectivity index (χ4n) is 1.84. The molecule has 8 nitrogen and oxygen atoms in total. The SMILES string of the molecule is CCOC(=O)c1cc(C)n(CNc2ccc([N+](=O)[O-])cc2)n1. The molecule has 0 unspecified atom stereocenters. The highest BCUT2D eigenvalue weighted by atomic mass is 16.6. The van der Waals surface area contributed by atoms with Crippen LogP contribution < -0.4 is 5.32 Å². The van der Waals surface area contributed by atoms with E-state index in [2.05, 4.69) is 10.4 Å². The number of rotatable bonds is 6. The van der Waals surface area contributed by atoms with Gasteiger partial charge in [-0.25, -0.2) is 9.48 Å². The van der Waals surface area contributed by atoms with Crippen LogP contribution in [0.2, 0.25) is 0 Å². The van der Waals surface area contributed by atoms with E-state index in [1.54, 1.807) is 29.8 Å². The van der Waals surface area contributed by atoms with Crippen LogP contribution in [0.4, 0.5) is 11.4 Å². The number of hydrogen-bond donors (Lipinski definition) is 1. The van der Waals surface area contributed by atoms with Gasteiger partial charge in [-0.1, -0.05) is 0 Å². The number of aromatic nitrogens is 2. The Morgan fingerprint density at radius 2 is 2.09 bits per heavy atom. The van der Waals surface area contributed by atoms with E-state index in [1.807, 2.05) is 6.92 Å². The minimum absolute atomic E-state index is 0.0328. The van der Waals surface area contributed by atoms with E-state index in [-0.39, 0.29) is 11.4 Å². The molecule has 0 atom stereocenters. The van der Waals surface area contributed by atoms with Crippen molar-refractivity contribution in [3.05, 3.63) is 51.8 Å². The van der Waals surface area contributed by atoms with Crippen molar-refractivity contribution in [2.24, 2.45) is 0 Å². The van der Waals surface area contributed by atoms with E-state index in [1.165, 1.54) is 12.1 Å². The number of aryl methyl sites for hydroxylation is 1. The van der Waals surface area contributed by atoms with Crippen molar-refractivity contribution in [2.45, 2.75) is 20.5 Å². The molecule has 1 N–H and O–H groups in total. The summed E-state index contributed by atoms with van der Waals surface area (Å²) in [5.41, 5.74) is 1.81. The average molecular weight is 304 g/mol. The van der Waals surface area contributed by atoms with Crippen molar-refractivity contribution in [3.8, 4) is 0 Å². The molecule has 2 rings (SSSR count). The van der Waals surface area contributed by atoms with E-state index in [0.717, 1.165) is 11.4 Å². The standard InChI is InChI=1S/C14H16N4O4/c1-3-22-14(19)13-8-10(2)17(16-13)9-15-11-4-6-12(7-5-11)18(20)21/h4-8,15H,3,9H2,1-2H3. The summed E-state index contributed by atoms with van der Waals surface area (Å²) < 4.78 is 6.51. The lowest BCUT2D eigenvalue weighted by Gasteiger charge is -2.07. The van der Waals surface area contributed by atoms with E-state index in [9.17, 15) is 14.9 Å². The minimum Gasteiger partial charge on any atom is -0.461 e. The lowest BCUT2D eigenvalue weighted by Crippen LogP contribution is -2.12. The molecule has 1 aromatic carbocycles. The number of hydrogen-bond acceptors (Lipinski definition) is 6. The zero-order chi connectivity index (χ0) is 16.1. The second-order valence-corrected chi connectivity index (χ2v) is 4.53. The number of esters is 1. The van der Waals surface area contributed by atoms with Gasteiger partial charge in [0.05, 0.1) is 11.5 Å². The molecule has 0 bridgehead atoms. The molecule has 0 fully saturated rings. The molecule has 8 heteroatoms. The van der Waals surface area contributed by atoms with Crippen LogP contribution in [0.5, 0.6) is 0 Å². The molecular formula is C14H16N4O4. The van der Waals surface area contributed by atoms with Crippen LogP contribution in [-0.4, -0.2) is 27.3 Å². The number of nitrogens with zero attached hydrogens (tertiary/aromatic N) is 3. The average Bonchev–Trinajstić information content (AvgIpc) is 2.87. The van der Waals surface area contributed by atoms with Gasteiger partial charge >= 0.3 is 5.97 Å². The van der Waals surface area contributed by atoms with Crippen LogP contribution in [0.25, 0.3) is 0 Å². The smallest absolute Gasteiger partial charge is 0.358 e. The molecule has 0 aliphatic carbocycles. The minimum atomic E-state index is -0.459. The maximum absolute atomic E-state index is 11.6. The van der Waals surface area contributed by atoms with E-state index in [4.69, 9.17) is 4.74 Å². The number of anilines is 1. The van der Waals surface area contributed by atoms with Gasteiger partial charge in [0, 0.05) is 23.5 Å². The van der Waals surface area contributed by atoms with Gasteiger partial charge in [-0.05, 0) is 32.0 Å². The van der Waals surface area contributed by atoms with Gasteiger partial charge in [0.25, 0.3) is 5.69 Å². The second-order valence-electron chi connectivity index (χ2n) is 4.53. The lowest BCUT2D eigenvalue weighted by molar-refractivity contribution is -0.384. The topological polar surface area (TPSA) is 99.3 Å². The number of carbonyl (C=O) groups excluding carboxylic acids is 1. The summed E-state index contributed by atoms with van der Waals surface area (Å²) in [4.78, 5) is 21.7. The van der Waals surface area contributed by atoms with Crippen LogP contribution in [0.15, 0.2) is 30.3 Å². The number of carbonyl (C=O) groups is 1. The summed E-state index contributed by atoms with van der Waals surface area (Å²) in [6, 6.07) is 7.71. The largest absolute Gasteiger partial charge is 0.461 e. The van der Waals surface area contributed by atoms with Crippen LogP contribution in [0.3, 0.4) is 0 Å². The molecule has 2 aromatic rings. The Hall–Kier alpha value is -2.90. The number of nitro groups is 1. The first kappa shape index (κ1) is 15.5. The van der Waals surface area contributed by atoms with E-state index < -0.39 is 10.9 Å². The van der Waals surface area contributed by atoms with Crippen molar-refractivity contribution in [1.82, 2.24) is 9.78 Å². The third-order valence-corrected chi connectivity index (χ3v) is 2.98. The van der Waals surface area contributed by atoms with E-state index >= 15 is 0 Å². The van der Waals surface area contributed by atoms with Gasteiger partial charge in [-0.2, -0.15) is 5.10 Å². The number of nitro benzene ring substituents is 1. The Bertz CT molecular complexity index is 679. The Morgan fingerprint density at radius 3 is 2.68 bits per heavy atom. The highest BCUT2D eigenvalue weighted by Gasteiger charge is 2.13. The summed E-state index contributed by atoms with van der Waals surface area (Å²) in [6.07, 6.45) is 0. The highest BCUT2D eigenvalue weighted by Crippen LogP contribution is 2.15. The zero-order valence-electron chi connectivity index (χ0n) is 12.3. The summed E-state index contributed by atoms with van der Waals surface area (Å²) >= 11 is 0. The number of benzene rings is 1. The van der Waals surface area contributed by atoms with Gasteiger partial charge in [0.2, 0.25) is 0 Å². The molecule has 0 spiro atoms. The van der Waals surface area contributed by atoms with Crippen molar-refractivity contribution in [1.29, 1.82) is 0 Å². The maximum Gasteiger partial charge on any atom is 0.358 e. The summed E-state index contributed by atoms with van der Waals surface area (Å²) in [5.74, 6) is -0.459. The molecule has 0 radical (unpaired) electrons. The number of ether oxygens (including phenoxy) is 1. The Kier molecular flexibility index (Phi) is 4.72. The zero-order valence-corrected chi connectivity index (χ0v) is 12.3. The molecule has 0 saturated carbocycles. The summed E-state index contributed by atoms with van der Waals surface area (Å²) in [5, 5.41) is 17.8. The highest BCUT2D eigenvalue weighted by molar-refractivity contribution is 5.87. The van der Waals surface area contributed by atoms with Crippen LogP contribution in [-0.2, 0) is 11.4 Å². The molecular weight excluding hydrogens is 288 g/mol. The fraction of sp³-hybridized carbons (Fsp3) is 0.286. The molecule has 1 heterocycles. The van der Waals surface area contributed by atoms with Gasteiger partial charge in [0.1, 0.15) is 6.67 Å². The predicted molar refractivity (Wildman–Crippen MR) is 79.6 cm³/mol. The first-order valence-corrected chi connectivity index (χ1v) is 6.71. The second kappa shape index (κ2) is 6.70. The van der Waals surface area contributed by atoms with Crippen LogP contribution in [0.1, 0.15) is 23.1 Å². The fourth-order valence-corrected chi connectivity index (χ4v) is 1.84. The maximum atomic E-state index is 11.6. The summed E-state index contributed by atoms with van der Waals surface area (Å²) in [7, 11) is 0. The van der Waals surface area contributed by atoms with Crippen molar-refractivity contribution < 1.29 is 14.5 Å². The van der Waals surface area contributed by atoms with Gasteiger partial charge in [-0.3, -0.25) is 10.1 Å². The molecule has 116 valence electrons. The predicted octanol–water partition coefficient (Wildman–Crippen LogP) is 2.35. The first-order valence-electron chi connectivity index (χ1n) is 6.71. The van der Waals surface area contributed by atoms with Gasteiger partial charge < -0.3 is 10.1 Å². The van der Waals surface area contributed by atoms with Crippen LogP contribution in [0, 0.1) is 17.0 Å². The first-order chi connectivity index (χ1) is 10.5. The van der Waals surface area contributed by atoms with Crippen molar-refractivity contribution >= 4 is 17.3 Å². The molecule has 0 amide bonds. The van der Waals surface area contributed by atoms with Gasteiger partial charge in [-0.15, -0.1) is 0 Å². The quantitative estimate of drug-likeness (QED) is 0.499. The van der Waals surface area contributed by atoms with Gasteiger partial charge in [0.15, 0.2) is 5.69 Å². The Morgan fingerprint density at radius 1 is 1.41 bits per heavy atom. The summed E-state index contributed by atoms with van der Waals surface area (Å²) in [6.45, 7) is 4.19. The van der Waals surface area contributed by atoms with Crippen molar-refractivity contribution in [2.75, 3.05) is 11.9 Å². The monoisotopic (exact) mass is 304 g/mol. The number of nitrogens with one attached hydrogen (secondary N) is 1. The molecule has 0 saturated heterocycles. The normalized spacial score (nSPS) is 10.3.